The van der Waals surface area contributed by atoms with Crippen LogP contribution in [0.5, 0.6) is 0 Å². The lowest BCUT2D eigenvalue weighted by molar-refractivity contribution is 0.238. The summed E-state index contributed by atoms with van der Waals surface area (Å²) < 4.78 is 7.56. The van der Waals surface area contributed by atoms with Gasteiger partial charge in [-0.15, -0.1) is 0 Å². The average molecular weight is 793 g/mol. The van der Waals surface area contributed by atoms with Gasteiger partial charge in [0.15, 0.2) is 0 Å². The van der Waals surface area contributed by atoms with Crippen molar-refractivity contribution in [3.63, 3.8) is 0 Å². The van der Waals surface area contributed by atoms with Crippen molar-refractivity contribution >= 4 is 18.1 Å². The van der Waals surface area contributed by atoms with E-state index in [0.29, 0.717) is 38.9 Å². The van der Waals surface area contributed by atoms with Gasteiger partial charge in [0.25, 0.3) is 0 Å². The lowest BCUT2D eigenvalue weighted by atomic mass is 10.2. The summed E-state index contributed by atoms with van der Waals surface area (Å²) in [5.74, 6) is 0. The predicted molar refractivity (Wildman–Crippen MR) is 216 cm³/mol. The zero-order valence-electron chi connectivity index (χ0n) is 34.4. The molecule has 0 saturated heterocycles. The van der Waals surface area contributed by atoms with E-state index < -0.39 is 17.1 Å². The molecule has 0 bridgehead atoms. The number of rotatable bonds is 21. The first-order valence-corrected chi connectivity index (χ1v) is 20.2. The van der Waals surface area contributed by atoms with Crippen molar-refractivity contribution in [2.24, 2.45) is 0 Å². The lowest BCUT2D eigenvalue weighted by Crippen LogP contribution is -2.54. The fourth-order valence-electron chi connectivity index (χ4n) is 6.82. The summed E-state index contributed by atoms with van der Waals surface area (Å²) in [6.45, 7) is 12.9. The molecular formula is C39H60N12O6. The minimum absolute atomic E-state index is 0.181. The Morgan fingerprint density at radius 3 is 0.895 bits per heavy atom. The van der Waals surface area contributed by atoms with Crippen LogP contribution in [0.1, 0.15) is 111 Å². The van der Waals surface area contributed by atoms with Crippen LogP contribution in [0.2, 0.25) is 0 Å². The number of aromatic nitrogens is 9. The van der Waals surface area contributed by atoms with Crippen LogP contribution in [0.4, 0.5) is 14.4 Å². The number of nitrogens with zero attached hydrogens (tertiary/aromatic N) is 9. The largest absolute Gasteiger partial charge is 0.342 e. The summed E-state index contributed by atoms with van der Waals surface area (Å²) in [7, 11) is 0. The maximum Gasteiger partial charge on any atom is 0.342 e. The van der Waals surface area contributed by atoms with Crippen LogP contribution >= 0.6 is 0 Å². The van der Waals surface area contributed by atoms with E-state index >= 15 is 0 Å². The fraction of sp³-hybridized carbons (Fsp3) is 0.615. The standard InChI is InChI=1S/C39H60N12O6/c1-28-25-31(4)49(43-28)34(52)40-19-13-7-10-16-22-46-37(55)47(23-17-11-8-14-20-41-35(53)50-32(5)26-29(2)44-50)39(57)48(38(46)56)24-18-12-9-15-21-42-36(54)51-33(6)27-30(3)45-51/h25-27H,7-24H2,1-6H3,(H,40,52)(H,41,53)(H,42,54). The number of hydrogen-bond acceptors (Lipinski definition) is 9. The number of amides is 3. The third-order valence-corrected chi connectivity index (χ3v) is 9.75. The summed E-state index contributed by atoms with van der Waals surface area (Å²) in [6.07, 6.45) is 8.39. The molecule has 0 aromatic carbocycles. The van der Waals surface area contributed by atoms with Gasteiger partial charge < -0.3 is 16.0 Å². The van der Waals surface area contributed by atoms with E-state index in [9.17, 15) is 28.8 Å². The molecule has 57 heavy (non-hydrogen) atoms. The van der Waals surface area contributed by atoms with E-state index in [1.54, 1.807) is 0 Å². The molecule has 4 rings (SSSR count). The molecule has 4 aromatic rings. The number of nitrogens with one attached hydrogen (secondary N) is 3. The Kier molecular flexibility index (Phi) is 16.8. The number of unbranched alkanes of at least 4 members (excludes halogenated alkanes) is 9. The summed E-state index contributed by atoms with van der Waals surface area (Å²) in [4.78, 5) is 77.9. The molecule has 0 radical (unpaired) electrons. The van der Waals surface area contributed by atoms with Gasteiger partial charge in [0.1, 0.15) is 0 Å². The van der Waals surface area contributed by atoms with Gasteiger partial charge in [-0.2, -0.15) is 29.3 Å². The normalized spacial score (nSPS) is 11.3. The second kappa shape index (κ2) is 21.7. The first-order valence-electron chi connectivity index (χ1n) is 20.2. The van der Waals surface area contributed by atoms with E-state index in [1.165, 1.54) is 27.7 Å². The molecular weight excluding hydrogens is 733 g/mol. The molecule has 0 aliphatic heterocycles. The second-order valence-corrected chi connectivity index (χ2v) is 14.8. The first kappa shape index (κ1) is 44.2. The minimum atomic E-state index is -0.603. The predicted octanol–water partition coefficient (Wildman–Crippen LogP) is 4.07. The van der Waals surface area contributed by atoms with Crippen molar-refractivity contribution in [2.75, 3.05) is 19.6 Å². The van der Waals surface area contributed by atoms with E-state index in [4.69, 9.17) is 0 Å². The second-order valence-electron chi connectivity index (χ2n) is 14.8. The molecule has 0 atom stereocenters. The van der Waals surface area contributed by atoms with E-state index in [-0.39, 0.29) is 37.7 Å². The van der Waals surface area contributed by atoms with Gasteiger partial charge in [0.2, 0.25) is 0 Å². The van der Waals surface area contributed by atoms with Crippen LogP contribution in [0.3, 0.4) is 0 Å². The number of carbonyl (C=O) groups excluding carboxylic acids is 3. The molecule has 18 nitrogen and oxygen atoms in total. The highest BCUT2D eigenvalue weighted by Crippen LogP contribution is 2.06. The van der Waals surface area contributed by atoms with Crippen molar-refractivity contribution in [1.82, 2.24) is 59.0 Å². The molecule has 18 heteroatoms. The molecule has 0 fully saturated rings. The van der Waals surface area contributed by atoms with Crippen molar-refractivity contribution in [3.05, 3.63) is 83.8 Å². The molecule has 0 aliphatic rings. The Hall–Kier alpha value is -5.55. The van der Waals surface area contributed by atoms with Gasteiger partial charge >= 0.3 is 35.2 Å². The van der Waals surface area contributed by atoms with E-state index in [1.807, 2.05) is 59.7 Å². The molecule has 0 aliphatic carbocycles. The van der Waals surface area contributed by atoms with E-state index in [2.05, 4.69) is 31.2 Å². The Balaban J connectivity index is 1.27. The summed E-state index contributed by atoms with van der Waals surface area (Å²) >= 11 is 0. The van der Waals surface area contributed by atoms with Crippen molar-refractivity contribution in [3.8, 4) is 0 Å². The Morgan fingerprint density at radius 1 is 0.421 bits per heavy atom. The van der Waals surface area contributed by atoms with Crippen LogP contribution < -0.4 is 33.0 Å². The van der Waals surface area contributed by atoms with Crippen LogP contribution in [0.15, 0.2) is 32.6 Å². The Bertz CT molecular complexity index is 1880. The molecule has 0 unspecified atom stereocenters. The monoisotopic (exact) mass is 792 g/mol. The first-order chi connectivity index (χ1) is 27.3. The van der Waals surface area contributed by atoms with Crippen molar-refractivity contribution in [1.29, 1.82) is 0 Å². The molecule has 312 valence electrons. The van der Waals surface area contributed by atoms with Crippen molar-refractivity contribution in [2.45, 2.75) is 138 Å². The van der Waals surface area contributed by atoms with Crippen LogP contribution in [0, 0.1) is 41.5 Å². The Morgan fingerprint density at radius 2 is 0.667 bits per heavy atom. The molecule has 3 amide bonds. The van der Waals surface area contributed by atoms with Gasteiger partial charge in [-0.3, -0.25) is 0 Å². The average Bonchev–Trinajstić information content (AvgIpc) is 3.82. The fourth-order valence-corrected chi connectivity index (χ4v) is 6.82. The van der Waals surface area contributed by atoms with Gasteiger partial charge in [-0.05, 0) is 98.3 Å². The summed E-state index contributed by atoms with van der Waals surface area (Å²) in [5.41, 5.74) is 2.79. The molecule has 4 aromatic heterocycles. The highest BCUT2D eigenvalue weighted by molar-refractivity contribution is 5.77. The van der Waals surface area contributed by atoms with Crippen molar-refractivity contribution < 1.29 is 14.4 Å². The quantitative estimate of drug-likeness (QED) is 0.104. The van der Waals surface area contributed by atoms with Crippen LogP contribution in [-0.4, -0.2) is 80.8 Å². The summed E-state index contributed by atoms with van der Waals surface area (Å²) in [6, 6.07) is 4.68. The summed E-state index contributed by atoms with van der Waals surface area (Å²) in [5, 5.41) is 21.2. The zero-order valence-corrected chi connectivity index (χ0v) is 34.4. The Labute approximate surface area is 332 Å². The van der Waals surface area contributed by atoms with Crippen LogP contribution in [0.25, 0.3) is 0 Å². The maximum atomic E-state index is 13.6. The minimum Gasteiger partial charge on any atom is -0.336 e. The van der Waals surface area contributed by atoms with E-state index in [0.717, 1.165) is 92.0 Å². The third kappa shape index (κ3) is 12.7. The smallest absolute Gasteiger partial charge is 0.336 e. The molecule has 0 saturated carbocycles. The SMILES string of the molecule is Cc1cc(C)n(C(=O)NCCCCCCn2c(=O)n(CCCCCCNC(=O)n3nc(C)cc3C)c(=O)n(CCCCCCNC(=O)n3nc(C)cc3C)c2=O)n1. The number of hydrogen-bond donors (Lipinski definition) is 3. The number of aryl methyl sites for hydroxylation is 6. The number of carbonyl (C=O) groups is 3. The molecule has 0 spiro atoms. The van der Waals surface area contributed by atoms with Gasteiger partial charge in [-0.1, -0.05) is 38.5 Å². The van der Waals surface area contributed by atoms with Gasteiger partial charge in [-0.25, -0.2) is 42.5 Å². The zero-order chi connectivity index (χ0) is 41.5. The van der Waals surface area contributed by atoms with Gasteiger partial charge in [0.05, 0.1) is 17.1 Å². The highest BCUT2D eigenvalue weighted by Gasteiger charge is 2.16. The maximum absolute atomic E-state index is 13.6. The topological polar surface area (TPSA) is 207 Å². The third-order valence-electron chi connectivity index (χ3n) is 9.75. The highest BCUT2D eigenvalue weighted by atomic mass is 16.2. The lowest BCUT2D eigenvalue weighted by Gasteiger charge is -2.14. The van der Waals surface area contributed by atoms with Crippen LogP contribution in [-0.2, 0) is 19.6 Å². The molecule has 3 N–H and O–H groups in total. The van der Waals surface area contributed by atoms with Gasteiger partial charge in [0, 0.05) is 56.4 Å². The molecule has 4 heterocycles.